The average Bonchev–Trinajstić information content (AvgIpc) is 3.00. The second kappa shape index (κ2) is 7.11. The summed E-state index contributed by atoms with van der Waals surface area (Å²) in [4.78, 5) is 50.0. The number of imide groups is 1. The van der Waals surface area contributed by atoms with Gasteiger partial charge in [0.15, 0.2) is 5.17 Å². The number of nitrogens with one attached hydrogen (secondary N) is 1. The van der Waals surface area contributed by atoms with E-state index in [1.807, 2.05) is 0 Å². The highest BCUT2D eigenvalue weighted by Gasteiger charge is 2.33. The molecular formula is C15H11N3O5S2. The van der Waals surface area contributed by atoms with E-state index in [1.165, 1.54) is 0 Å². The zero-order valence-corrected chi connectivity index (χ0v) is 14.2. The monoisotopic (exact) mass is 377 g/mol. The number of hydrogen-bond acceptors (Lipinski definition) is 8. The third kappa shape index (κ3) is 4.28. The van der Waals surface area contributed by atoms with Gasteiger partial charge in [0.05, 0.1) is 11.3 Å². The summed E-state index contributed by atoms with van der Waals surface area (Å²) < 4.78 is 5.20. The molecule has 1 aromatic carbocycles. The predicted octanol–water partition coefficient (Wildman–Crippen LogP) is 1.26. The predicted molar refractivity (Wildman–Crippen MR) is 93.8 cm³/mol. The van der Waals surface area contributed by atoms with Crippen LogP contribution in [0.3, 0.4) is 0 Å². The molecule has 0 spiro atoms. The Bertz CT molecular complexity index is 849. The van der Waals surface area contributed by atoms with Crippen LogP contribution in [0.15, 0.2) is 34.2 Å². The maximum atomic E-state index is 11.9. The Balaban J connectivity index is 1.65. The molecule has 2 aliphatic heterocycles. The molecule has 10 heteroatoms. The molecule has 2 aliphatic rings. The maximum Gasteiger partial charge on any atom is 0.312 e. The number of benzene rings is 1. The Morgan fingerprint density at radius 1 is 1.36 bits per heavy atom. The molecule has 2 heterocycles. The van der Waals surface area contributed by atoms with Crippen LogP contribution in [0.5, 0.6) is 5.75 Å². The molecule has 1 unspecified atom stereocenters. The van der Waals surface area contributed by atoms with Gasteiger partial charge < -0.3 is 10.5 Å². The standard InChI is InChI=1S/C15H11N3O5S2/c16-14-17-12(20)9(24-14)5-7-2-1-3-8(4-7)23-11(19)6-10-13(21)18-15(22)25-10/h1-5,10H,6H2,(H2,16,17,20)(H,18,21,22)/b9-5-. The topological polar surface area (TPSA) is 128 Å². The summed E-state index contributed by atoms with van der Waals surface area (Å²) in [7, 11) is 0. The molecule has 128 valence electrons. The minimum Gasteiger partial charge on any atom is -0.426 e. The number of hydrogen-bond donors (Lipinski definition) is 2. The molecule has 0 saturated carbocycles. The number of aliphatic imine (C=N–C) groups is 1. The van der Waals surface area contributed by atoms with Crippen molar-refractivity contribution in [3.05, 3.63) is 34.7 Å². The summed E-state index contributed by atoms with van der Waals surface area (Å²) in [6.07, 6.45) is 1.37. The van der Waals surface area contributed by atoms with Gasteiger partial charge in [-0.1, -0.05) is 23.9 Å². The van der Waals surface area contributed by atoms with Gasteiger partial charge in [0.1, 0.15) is 11.0 Å². The highest BCUT2D eigenvalue weighted by Crippen LogP contribution is 2.28. The molecule has 0 radical (unpaired) electrons. The number of carbonyl (C=O) groups is 4. The number of thioether (sulfide) groups is 2. The molecule has 25 heavy (non-hydrogen) atoms. The number of ether oxygens (including phenoxy) is 1. The molecule has 1 fully saturated rings. The Morgan fingerprint density at radius 2 is 2.16 bits per heavy atom. The normalized spacial score (nSPS) is 21.4. The number of nitrogens with zero attached hydrogens (tertiary/aromatic N) is 1. The van der Waals surface area contributed by atoms with Crippen molar-refractivity contribution in [3.8, 4) is 5.75 Å². The van der Waals surface area contributed by atoms with Crippen LogP contribution < -0.4 is 15.8 Å². The van der Waals surface area contributed by atoms with E-state index in [4.69, 9.17) is 10.5 Å². The molecule has 0 bridgehead atoms. The first-order valence-corrected chi connectivity index (χ1v) is 8.70. The molecule has 3 rings (SSSR count). The van der Waals surface area contributed by atoms with E-state index < -0.39 is 28.3 Å². The number of rotatable bonds is 4. The summed E-state index contributed by atoms with van der Waals surface area (Å²) in [5, 5.41) is 1.03. The largest absolute Gasteiger partial charge is 0.426 e. The SMILES string of the molecule is NC1=NC(=O)/C(=C/c2cccc(OC(=O)CC3SC(=O)NC3=O)c2)S1. The Hall–Kier alpha value is -2.59. The fourth-order valence-corrected chi connectivity index (χ4v) is 3.58. The molecular weight excluding hydrogens is 366 g/mol. The van der Waals surface area contributed by atoms with Crippen molar-refractivity contribution in [2.45, 2.75) is 11.7 Å². The highest BCUT2D eigenvalue weighted by molar-refractivity contribution is 8.18. The van der Waals surface area contributed by atoms with Crippen molar-refractivity contribution in [2.75, 3.05) is 0 Å². The van der Waals surface area contributed by atoms with Crippen LogP contribution >= 0.6 is 23.5 Å². The summed E-state index contributed by atoms with van der Waals surface area (Å²) in [6.45, 7) is 0. The molecule has 1 saturated heterocycles. The van der Waals surface area contributed by atoms with Gasteiger partial charge in [0.25, 0.3) is 11.1 Å². The van der Waals surface area contributed by atoms with E-state index in [-0.39, 0.29) is 17.3 Å². The van der Waals surface area contributed by atoms with Crippen LogP contribution in [0.1, 0.15) is 12.0 Å². The molecule has 8 nitrogen and oxygen atoms in total. The number of amides is 3. The van der Waals surface area contributed by atoms with E-state index >= 15 is 0 Å². The fraction of sp³-hybridized carbons (Fsp3) is 0.133. The maximum absolute atomic E-state index is 11.9. The van der Waals surface area contributed by atoms with E-state index in [2.05, 4.69) is 10.3 Å². The van der Waals surface area contributed by atoms with Crippen molar-refractivity contribution < 1.29 is 23.9 Å². The van der Waals surface area contributed by atoms with Crippen molar-refractivity contribution >= 4 is 57.8 Å². The van der Waals surface area contributed by atoms with Crippen LogP contribution in [-0.4, -0.2) is 33.4 Å². The third-order valence-corrected chi connectivity index (χ3v) is 4.94. The lowest BCUT2D eigenvalue weighted by Crippen LogP contribution is -2.27. The second-order valence-electron chi connectivity index (χ2n) is 5.00. The lowest BCUT2D eigenvalue weighted by Gasteiger charge is -2.07. The van der Waals surface area contributed by atoms with Gasteiger partial charge in [-0.3, -0.25) is 24.5 Å². The molecule has 0 aromatic heterocycles. The summed E-state index contributed by atoms with van der Waals surface area (Å²) in [5.74, 6) is -1.29. The first-order chi connectivity index (χ1) is 11.9. The molecule has 3 N–H and O–H groups in total. The Kier molecular flexibility index (Phi) is 4.91. The van der Waals surface area contributed by atoms with Gasteiger partial charge in [-0.05, 0) is 35.5 Å². The number of esters is 1. The molecule has 3 amide bonds. The number of carbonyl (C=O) groups excluding carboxylic acids is 4. The number of amidine groups is 1. The molecule has 1 aromatic rings. The van der Waals surface area contributed by atoms with Gasteiger partial charge in [-0.2, -0.15) is 4.99 Å². The third-order valence-electron chi connectivity index (χ3n) is 3.14. The quantitative estimate of drug-likeness (QED) is 0.456. The lowest BCUT2D eigenvalue weighted by atomic mass is 10.2. The van der Waals surface area contributed by atoms with Crippen LogP contribution in [0.25, 0.3) is 6.08 Å². The minimum atomic E-state index is -0.780. The molecule has 1 atom stereocenters. The Morgan fingerprint density at radius 3 is 2.80 bits per heavy atom. The van der Waals surface area contributed by atoms with E-state index in [9.17, 15) is 19.2 Å². The average molecular weight is 377 g/mol. The zero-order chi connectivity index (χ0) is 18.0. The fourth-order valence-electron chi connectivity index (χ4n) is 2.10. The van der Waals surface area contributed by atoms with Crippen molar-refractivity contribution in [1.82, 2.24) is 5.32 Å². The highest BCUT2D eigenvalue weighted by atomic mass is 32.2. The van der Waals surface area contributed by atoms with Crippen molar-refractivity contribution in [3.63, 3.8) is 0 Å². The zero-order valence-electron chi connectivity index (χ0n) is 12.6. The minimum absolute atomic E-state index is 0.181. The van der Waals surface area contributed by atoms with Gasteiger partial charge in [0, 0.05) is 0 Å². The van der Waals surface area contributed by atoms with Crippen LogP contribution in [-0.2, 0) is 14.4 Å². The van der Waals surface area contributed by atoms with Crippen LogP contribution in [0.2, 0.25) is 0 Å². The van der Waals surface area contributed by atoms with Gasteiger partial charge in [-0.25, -0.2) is 0 Å². The van der Waals surface area contributed by atoms with E-state index in [0.717, 1.165) is 23.5 Å². The van der Waals surface area contributed by atoms with Gasteiger partial charge in [-0.15, -0.1) is 0 Å². The molecule has 0 aliphatic carbocycles. The van der Waals surface area contributed by atoms with Crippen LogP contribution in [0, 0.1) is 0 Å². The van der Waals surface area contributed by atoms with E-state index in [0.29, 0.717) is 10.5 Å². The number of nitrogens with two attached hydrogens (primary N) is 1. The first-order valence-electron chi connectivity index (χ1n) is 7.01. The summed E-state index contributed by atoms with van der Waals surface area (Å²) in [6, 6.07) is 6.52. The van der Waals surface area contributed by atoms with Gasteiger partial charge in [0.2, 0.25) is 5.91 Å². The smallest absolute Gasteiger partial charge is 0.312 e. The van der Waals surface area contributed by atoms with Gasteiger partial charge >= 0.3 is 5.97 Å². The first kappa shape index (κ1) is 17.2. The second-order valence-corrected chi connectivity index (χ2v) is 7.24. The van der Waals surface area contributed by atoms with Crippen molar-refractivity contribution in [1.29, 1.82) is 0 Å². The lowest BCUT2D eigenvalue weighted by molar-refractivity contribution is -0.135. The van der Waals surface area contributed by atoms with Crippen molar-refractivity contribution in [2.24, 2.45) is 10.7 Å². The summed E-state index contributed by atoms with van der Waals surface area (Å²) in [5.41, 5.74) is 6.12. The van der Waals surface area contributed by atoms with E-state index in [1.54, 1.807) is 30.3 Å². The van der Waals surface area contributed by atoms with Crippen LogP contribution in [0.4, 0.5) is 4.79 Å². The summed E-state index contributed by atoms with van der Waals surface area (Å²) >= 11 is 1.83. The Labute approximate surface area is 150 Å².